The van der Waals surface area contributed by atoms with Crippen LogP contribution in [0.5, 0.6) is 5.75 Å². The van der Waals surface area contributed by atoms with E-state index in [1.54, 1.807) is 7.11 Å². The molecule has 0 fully saturated rings. The van der Waals surface area contributed by atoms with E-state index in [4.69, 9.17) is 17.0 Å². The van der Waals surface area contributed by atoms with E-state index >= 15 is 0 Å². The van der Waals surface area contributed by atoms with Crippen LogP contribution < -0.4 is 26.2 Å². The van der Waals surface area contributed by atoms with Gasteiger partial charge in [-0.3, -0.25) is 15.6 Å². The number of hydrogen-bond donors (Lipinski definition) is 4. The minimum absolute atomic E-state index is 0.142. The number of rotatable bonds is 5. The average molecular weight is 296 g/mol. The quantitative estimate of drug-likeness (QED) is 0.480. The van der Waals surface area contributed by atoms with Crippen LogP contribution in [-0.4, -0.2) is 30.7 Å². The Labute approximate surface area is 124 Å². The number of ether oxygens (including phenoxy) is 1. The summed E-state index contributed by atoms with van der Waals surface area (Å²) in [7, 11) is 1.61. The van der Waals surface area contributed by atoms with Gasteiger partial charge in [-0.25, -0.2) is 0 Å². The minimum atomic E-state index is -0.214. The number of methoxy groups -OCH3 is 1. The molecule has 0 aliphatic carbocycles. The summed E-state index contributed by atoms with van der Waals surface area (Å²) in [6.07, 6.45) is 0. The van der Waals surface area contributed by atoms with E-state index in [0.717, 1.165) is 11.4 Å². The standard InChI is InChI=1S/C13H20N4O2S/c1-9(2)15-13(20)17-16-12(18)8-14-10-4-6-11(19-3)7-5-10/h4-7,9,14H,8H2,1-3H3,(H,16,18)(H2,15,17,20). The van der Waals surface area contributed by atoms with Gasteiger partial charge in [-0.05, 0) is 50.3 Å². The van der Waals surface area contributed by atoms with Crippen molar-refractivity contribution in [2.75, 3.05) is 19.0 Å². The van der Waals surface area contributed by atoms with Crippen molar-refractivity contribution in [3.8, 4) is 5.75 Å². The third kappa shape index (κ3) is 6.24. The first-order valence-corrected chi connectivity index (χ1v) is 6.65. The monoisotopic (exact) mass is 296 g/mol. The second kappa shape index (κ2) is 8.21. The number of carbonyl (C=O) groups excluding carboxylic acids is 1. The summed E-state index contributed by atoms with van der Waals surface area (Å²) < 4.78 is 5.05. The number of thiocarbonyl (C=S) groups is 1. The smallest absolute Gasteiger partial charge is 0.257 e. The molecule has 0 saturated heterocycles. The van der Waals surface area contributed by atoms with Crippen LogP contribution in [0.1, 0.15) is 13.8 Å². The van der Waals surface area contributed by atoms with Crippen LogP contribution >= 0.6 is 12.2 Å². The van der Waals surface area contributed by atoms with Gasteiger partial charge in [0.25, 0.3) is 5.91 Å². The number of amides is 1. The Kier molecular flexibility index (Phi) is 6.58. The van der Waals surface area contributed by atoms with Crippen molar-refractivity contribution in [1.82, 2.24) is 16.2 Å². The van der Waals surface area contributed by atoms with Gasteiger partial charge < -0.3 is 15.4 Å². The second-order valence-corrected chi connectivity index (χ2v) is 4.79. The lowest BCUT2D eigenvalue weighted by atomic mass is 10.3. The maximum atomic E-state index is 11.6. The van der Waals surface area contributed by atoms with Crippen molar-refractivity contribution in [3.63, 3.8) is 0 Å². The zero-order chi connectivity index (χ0) is 15.0. The molecular weight excluding hydrogens is 276 g/mol. The fourth-order valence-electron chi connectivity index (χ4n) is 1.36. The maximum Gasteiger partial charge on any atom is 0.257 e. The van der Waals surface area contributed by atoms with E-state index in [1.807, 2.05) is 38.1 Å². The third-order valence-electron chi connectivity index (χ3n) is 2.28. The van der Waals surface area contributed by atoms with E-state index in [-0.39, 0.29) is 18.5 Å². The van der Waals surface area contributed by atoms with Crippen molar-refractivity contribution in [3.05, 3.63) is 24.3 Å². The zero-order valence-corrected chi connectivity index (χ0v) is 12.6. The summed E-state index contributed by atoms with van der Waals surface area (Å²) in [5, 5.41) is 6.33. The lowest BCUT2D eigenvalue weighted by molar-refractivity contribution is -0.119. The highest BCUT2D eigenvalue weighted by Gasteiger charge is 2.03. The van der Waals surface area contributed by atoms with E-state index in [2.05, 4.69) is 21.5 Å². The lowest BCUT2D eigenvalue weighted by Gasteiger charge is -2.14. The van der Waals surface area contributed by atoms with Crippen LogP contribution in [-0.2, 0) is 4.79 Å². The molecule has 0 saturated carbocycles. The van der Waals surface area contributed by atoms with Gasteiger partial charge in [0.2, 0.25) is 0 Å². The number of hydrogen-bond acceptors (Lipinski definition) is 4. The molecule has 20 heavy (non-hydrogen) atoms. The van der Waals surface area contributed by atoms with Crippen LogP contribution in [0.15, 0.2) is 24.3 Å². The van der Waals surface area contributed by atoms with Gasteiger partial charge in [0.1, 0.15) is 5.75 Å². The van der Waals surface area contributed by atoms with Gasteiger partial charge in [-0.1, -0.05) is 0 Å². The fraction of sp³-hybridized carbons (Fsp3) is 0.385. The molecule has 4 N–H and O–H groups in total. The molecule has 0 atom stereocenters. The van der Waals surface area contributed by atoms with Gasteiger partial charge in [-0.15, -0.1) is 0 Å². The Morgan fingerprint density at radius 1 is 1.25 bits per heavy atom. The first kappa shape index (κ1) is 16.0. The molecule has 0 radical (unpaired) electrons. The Morgan fingerprint density at radius 2 is 1.90 bits per heavy atom. The van der Waals surface area contributed by atoms with E-state index < -0.39 is 0 Å². The third-order valence-corrected chi connectivity index (χ3v) is 2.50. The maximum absolute atomic E-state index is 11.6. The molecule has 110 valence electrons. The number of nitrogens with one attached hydrogen (secondary N) is 4. The first-order valence-electron chi connectivity index (χ1n) is 6.24. The van der Waals surface area contributed by atoms with Crippen molar-refractivity contribution in [1.29, 1.82) is 0 Å². The molecule has 0 aliphatic rings. The summed E-state index contributed by atoms with van der Waals surface area (Å²) in [6.45, 7) is 4.06. The molecule has 1 amide bonds. The lowest BCUT2D eigenvalue weighted by Crippen LogP contribution is -2.49. The van der Waals surface area contributed by atoms with Crippen LogP contribution in [0, 0.1) is 0 Å². The molecule has 0 unspecified atom stereocenters. The van der Waals surface area contributed by atoms with Gasteiger partial charge in [0, 0.05) is 11.7 Å². The summed E-state index contributed by atoms with van der Waals surface area (Å²) >= 11 is 4.98. The fourth-order valence-corrected chi connectivity index (χ4v) is 1.65. The highest BCUT2D eigenvalue weighted by atomic mass is 32.1. The Bertz CT molecular complexity index is 448. The molecule has 1 rings (SSSR count). The van der Waals surface area contributed by atoms with Gasteiger partial charge in [0.05, 0.1) is 13.7 Å². The highest BCUT2D eigenvalue weighted by molar-refractivity contribution is 7.80. The van der Waals surface area contributed by atoms with Crippen LogP contribution in [0.25, 0.3) is 0 Å². The molecule has 0 heterocycles. The molecule has 0 aromatic heterocycles. The van der Waals surface area contributed by atoms with Crippen LogP contribution in [0.4, 0.5) is 5.69 Å². The molecule has 0 bridgehead atoms. The normalized spacial score (nSPS) is 9.80. The van der Waals surface area contributed by atoms with E-state index in [1.165, 1.54) is 0 Å². The summed E-state index contributed by atoms with van der Waals surface area (Å²) in [4.78, 5) is 11.6. The molecule has 0 spiro atoms. The molecule has 0 aliphatic heterocycles. The van der Waals surface area contributed by atoms with Crippen molar-refractivity contribution >= 4 is 28.9 Å². The topological polar surface area (TPSA) is 74.4 Å². The second-order valence-electron chi connectivity index (χ2n) is 4.38. The Hall–Kier alpha value is -2.02. The van der Waals surface area contributed by atoms with Gasteiger partial charge in [0.15, 0.2) is 5.11 Å². The largest absolute Gasteiger partial charge is 0.497 e. The average Bonchev–Trinajstić information content (AvgIpc) is 2.42. The van der Waals surface area contributed by atoms with Crippen LogP contribution in [0.3, 0.4) is 0 Å². The van der Waals surface area contributed by atoms with Gasteiger partial charge >= 0.3 is 0 Å². The zero-order valence-electron chi connectivity index (χ0n) is 11.8. The molecule has 1 aromatic rings. The van der Waals surface area contributed by atoms with Crippen molar-refractivity contribution in [2.24, 2.45) is 0 Å². The predicted molar refractivity (Wildman–Crippen MR) is 83.6 cm³/mol. The minimum Gasteiger partial charge on any atom is -0.497 e. The number of anilines is 1. The Morgan fingerprint density at radius 3 is 2.45 bits per heavy atom. The summed E-state index contributed by atoms with van der Waals surface area (Å²) in [5.74, 6) is 0.556. The molecule has 1 aromatic carbocycles. The summed E-state index contributed by atoms with van der Waals surface area (Å²) in [6, 6.07) is 7.53. The van der Waals surface area contributed by atoms with E-state index in [0.29, 0.717) is 5.11 Å². The highest BCUT2D eigenvalue weighted by Crippen LogP contribution is 2.14. The van der Waals surface area contributed by atoms with Crippen molar-refractivity contribution < 1.29 is 9.53 Å². The molecule has 6 nitrogen and oxygen atoms in total. The number of hydrazine groups is 1. The SMILES string of the molecule is COc1ccc(NCC(=O)NNC(=S)NC(C)C)cc1. The Balaban J connectivity index is 2.27. The molecular formula is C13H20N4O2S. The first-order chi connectivity index (χ1) is 9.51. The van der Waals surface area contributed by atoms with E-state index in [9.17, 15) is 4.79 Å². The number of benzene rings is 1. The number of carbonyl (C=O) groups is 1. The van der Waals surface area contributed by atoms with Crippen molar-refractivity contribution in [2.45, 2.75) is 19.9 Å². The molecule has 7 heteroatoms. The van der Waals surface area contributed by atoms with Gasteiger partial charge in [-0.2, -0.15) is 0 Å². The predicted octanol–water partition coefficient (Wildman–Crippen LogP) is 1.01. The summed E-state index contributed by atoms with van der Waals surface area (Å²) in [5.41, 5.74) is 5.97. The van der Waals surface area contributed by atoms with Crippen LogP contribution in [0.2, 0.25) is 0 Å².